The van der Waals surface area contributed by atoms with Gasteiger partial charge >= 0.3 is 0 Å². The number of carbonyl (C=O) groups is 1. The Morgan fingerprint density at radius 2 is 2.62 bits per heavy atom. The van der Waals surface area contributed by atoms with E-state index in [0.29, 0.717) is 12.4 Å². The smallest absolute Gasteiger partial charge is 0.288 e. The molecule has 0 saturated carbocycles. The number of nitrogens with two attached hydrogens (primary N) is 1. The molecule has 0 aliphatic rings. The summed E-state index contributed by atoms with van der Waals surface area (Å²) in [5.41, 5.74) is 5.26. The minimum Gasteiger partial charge on any atom is -0.434 e. The van der Waals surface area contributed by atoms with Crippen LogP contribution in [0.1, 0.15) is 16.4 Å². The Morgan fingerprint density at radius 3 is 3.15 bits per heavy atom. The van der Waals surface area contributed by atoms with Crippen molar-refractivity contribution in [2.24, 2.45) is 5.73 Å². The summed E-state index contributed by atoms with van der Waals surface area (Å²) in [6, 6.07) is 0. The molecule has 0 aromatic carbocycles. The molecular weight excluding hydrogens is 170 g/mol. The number of rotatable bonds is 4. The lowest BCUT2D eigenvalue weighted by atomic mass is 10.4. The summed E-state index contributed by atoms with van der Waals surface area (Å²) in [5.74, 6) is 0.207. The molecule has 1 heterocycles. The van der Waals surface area contributed by atoms with Crippen LogP contribution in [-0.2, 0) is 6.54 Å². The van der Waals surface area contributed by atoms with Crippen molar-refractivity contribution in [2.75, 3.05) is 6.54 Å². The second-order valence-corrected chi connectivity index (χ2v) is 2.32. The van der Waals surface area contributed by atoms with E-state index < -0.39 is 0 Å². The Balaban J connectivity index is 2.60. The molecule has 13 heavy (non-hydrogen) atoms. The maximum absolute atomic E-state index is 11.2. The summed E-state index contributed by atoms with van der Waals surface area (Å²) in [6.45, 7) is 4.06. The first kappa shape index (κ1) is 9.47. The summed E-state index contributed by atoms with van der Waals surface area (Å²) < 4.78 is 5.01. The fraction of sp³-hybridized carbons (Fsp3) is 0.250. The van der Waals surface area contributed by atoms with Crippen LogP contribution in [0, 0.1) is 0 Å². The molecule has 1 aromatic heterocycles. The first-order valence-electron chi connectivity index (χ1n) is 3.81. The molecule has 0 atom stereocenters. The standard InChI is InChI=1S/C8H11N3O2/c1-2-3-10-8(12)6-5-11-7(4-9)13-6/h2,5H,1,3-4,9H2,(H,10,12). The minimum absolute atomic E-state index is 0.169. The highest BCUT2D eigenvalue weighted by molar-refractivity contribution is 5.91. The van der Waals surface area contributed by atoms with Gasteiger partial charge in [0.05, 0.1) is 12.7 Å². The van der Waals surface area contributed by atoms with E-state index in [1.165, 1.54) is 6.20 Å². The summed E-state index contributed by atoms with van der Waals surface area (Å²) >= 11 is 0. The highest BCUT2D eigenvalue weighted by Crippen LogP contribution is 2.01. The van der Waals surface area contributed by atoms with Crippen LogP contribution in [0.3, 0.4) is 0 Å². The van der Waals surface area contributed by atoms with Crippen molar-refractivity contribution in [3.05, 3.63) is 30.5 Å². The van der Waals surface area contributed by atoms with E-state index in [1.807, 2.05) is 0 Å². The third kappa shape index (κ3) is 2.41. The summed E-state index contributed by atoms with van der Waals surface area (Å²) in [5, 5.41) is 2.55. The van der Waals surface area contributed by atoms with Gasteiger partial charge in [-0.05, 0) is 0 Å². The topological polar surface area (TPSA) is 81.2 Å². The molecule has 0 aliphatic heterocycles. The highest BCUT2D eigenvalue weighted by Gasteiger charge is 2.09. The van der Waals surface area contributed by atoms with Gasteiger partial charge in [-0.3, -0.25) is 4.79 Å². The lowest BCUT2D eigenvalue weighted by Gasteiger charge is -1.96. The molecule has 70 valence electrons. The molecule has 5 heteroatoms. The monoisotopic (exact) mass is 181 g/mol. The number of oxazole rings is 1. The number of aromatic nitrogens is 1. The first-order chi connectivity index (χ1) is 6.27. The average molecular weight is 181 g/mol. The predicted molar refractivity (Wildman–Crippen MR) is 46.9 cm³/mol. The van der Waals surface area contributed by atoms with E-state index >= 15 is 0 Å². The Kier molecular flexibility index (Phi) is 3.22. The fourth-order valence-corrected chi connectivity index (χ4v) is 0.762. The van der Waals surface area contributed by atoms with Crippen molar-refractivity contribution in [1.29, 1.82) is 0 Å². The van der Waals surface area contributed by atoms with Crippen molar-refractivity contribution in [1.82, 2.24) is 10.3 Å². The molecule has 0 fully saturated rings. The normalized spacial score (nSPS) is 9.62. The van der Waals surface area contributed by atoms with Crippen molar-refractivity contribution >= 4 is 5.91 Å². The molecule has 5 nitrogen and oxygen atoms in total. The predicted octanol–water partition coefficient (Wildman–Crippen LogP) is 0.0491. The van der Waals surface area contributed by atoms with E-state index in [0.717, 1.165) is 0 Å². The highest BCUT2D eigenvalue weighted by atomic mass is 16.4. The molecule has 0 unspecified atom stereocenters. The van der Waals surface area contributed by atoms with Gasteiger partial charge in [-0.2, -0.15) is 0 Å². The molecule has 0 saturated heterocycles. The summed E-state index contributed by atoms with van der Waals surface area (Å²) in [7, 11) is 0. The van der Waals surface area contributed by atoms with Crippen LogP contribution in [0.2, 0.25) is 0 Å². The van der Waals surface area contributed by atoms with E-state index in [9.17, 15) is 4.79 Å². The lowest BCUT2D eigenvalue weighted by Crippen LogP contribution is -2.22. The maximum Gasteiger partial charge on any atom is 0.288 e. The molecular formula is C8H11N3O2. The Labute approximate surface area is 75.6 Å². The van der Waals surface area contributed by atoms with Gasteiger partial charge in [0.15, 0.2) is 0 Å². The van der Waals surface area contributed by atoms with E-state index in [4.69, 9.17) is 10.2 Å². The van der Waals surface area contributed by atoms with Crippen LogP contribution in [0.15, 0.2) is 23.3 Å². The Bertz CT molecular complexity index is 306. The zero-order valence-corrected chi connectivity index (χ0v) is 7.12. The first-order valence-corrected chi connectivity index (χ1v) is 3.81. The van der Waals surface area contributed by atoms with Gasteiger partial charge in [0, 0.05) is 6.54 Å². The van der Waals surface area contributed by atoms with Crippen LogP contribution in [0.25, 0.3) is 0 Å². The van der Waals surface area contributed by atoms with Gasteiger partial charge in [-0.1, -0.05) is 6.08 Å². The largest absolute Gasteiger partial charge is 0.434 e. The molecule has 0 aliphatic carbocycles. The van der Waals surface area contributed by atoms with E-state index in [2.05, 4.69) is 16.9 Å². The number of hydrogen-bond donors (Lipinski definition) is 2. The number of nitrogens with zero attached hydrogens (tertiary/aromatic N) is 1. The Hall–Kier alpha value is -1.62. The second-order valence-electron chi connectivity index (χ2n) is 2.32. The van der Waals surface area contributed by atoms with E-state index in [-0.39, 0.29) is 18.2 Å². The number of amides is 1. The maximum atomic E-state index is 11.2. The average Bonchev–Trinajstić information content (AvgIpc) is 2.62. The van der Waals surface area contributed by atoms with Crippen LogP contribution >= 0.6 is 0 Å². The molecule has 1 rings (SSSR count). The molecule has 0 radical (unpaired) electrons. The number of hydrogen-bond acceptors (Lipinski definition) is 4. The zero-order valence-electron chi connectivity index (χ0n) is 7.12. The van der Waals surface area contributed by atoms with Gasteiger partial charge < -0.3 is 15.5 Å². The van der Waals surface area contributed by atoms with Gasteiger partial charge in [0.25, 0.3) is 5.91 Å². The van der Waals surface area contributed by atoms with Crippen molar-refractivity contribution in [3.63, 3.8) is 0 Å². The van der Waals surface area contributed by atoms with Crippen LogP contribution in [0.5, 0.6) is 0 Å². The van der Waals surface area contributed by atoms with Crippen molar-refractivity contribution in [2.45, 2.75) is 6.54 Å². The molecule has 0 spiro atoms. The molecule has 0 bridgehead atoms. The summed E-state index contributed by atoms with van der Waals surface area (Å²) in [6.07, 6.45) is 2.93. The van der Waals surface area contributed by atoms with Gasteiger partial charge in [0.1, 0.15) is 0 Å². The van der Waals surface area contributed by atoms with Gasteiger partial charge in [-0.15, -0.1) is 6.58 Å². The Morgan fingerprint density at radius 1 is 1.85 bits per heavy atom. The number of nitrogens with one attached hydrogen (secondary N) is 1. The molecule has 3 N–H and O–H groups in total. The van der Waals surface area contributed by atoms with Crippen molar-refractivity contribution < 1.29 is 9.21 Å². The third-order valence-electron chi connectivity index (χ3n) is 1.36. The minimum atomic E-state index is -0.313. The van der Waals surface area contributed by atoms with Gasteiger partial charge in [-0.25, -0.2) is 4.98 Å². The SMILES string of the molecule is C=CCNC(=O)c1cnc(CN)o1. The van der Waals surface area contributed by atoms with Crippen LogP contribution in [0.4, 0.5) is 0 Å². The quantitative estimate of drug-likeness (QED) is 0.643. The zero-order chi connectivity index (χ0) is 9.68. The second kappa shape index (κ2) is 4.42. The molecule has 1 aromatic rings. The van der Waals surface area contributed by atoms with Gasteiger partial charge in [0.2, 0.25) is 11.7 Å². The molecule has 1 amide bonds. The fourth-order valence-electron chi connectivity index (χ4n) is 0.762. The lowest BCUT2D eigenvalue weighted by molar-refractivity contribution is 0.0928. The van der Waals surface area contributed by atoms with Crippen molar-refractivity contribution in [3.8, 4) is 0 Å². The third-order valence-corrected chi connectivity index (χ3v) is 1.36. The van der Waals surface area contributed by atoms with Crippen LogP contribution < -0.4 is 11.1 Å². The number of carbonyl (C=O) groups excluding carboxylic acids is 1. The van der Waals surface area contributed by atoms with Crippen LogP contribution in [-0.4, -0.2) is 17.4 Å². The van der Waals surface area contributed by atoms with E-state index in [1.54, 1.807) is 6.08 Å². The summed E-state index contributed by atoms with van der Waals surface area (Å²) in [4.78, 5) is 15.0.